The third-order valence-electron chi connectivity index (χ3n) is 6.74. The van der Waals surface area contributed by atoms with E-state index < -0.39 is 15.2 Å². The highest BCUT2D eigenvalue weighted by Gasteiger charge is 2.48. The van der Waals surface area contributed by atoms with Crippen molar-refractivity contribution in [3.05, 3.63) is 133 Å². The molecular formula is C33H37P2+. The van der Waals surface area contributed by atoms with E-state index in [0.29, 0.717) is 0 Å². The fourth-order valence-corrected chi connectivity index (χ4v) is 14.2. The van der Waals surface area contributed by atoms with Crippen LogP contribution >= 0.6 is 15.2 Å². The average molecular weight is 496 g/mol. The van der Waals surface area contributed by atoms with Crippen molar-refractivity contribution in [1.29, 1.82) is 0 Å². The van der Waals surface area contributed by atoms with Gasteiger partial charge in [0.25, 0.3) is 0 Å². The van der Waals surface area contributed by atoms with E-state index in [1.54, 1.807) is 0 Å². The van der Waals surface area contributed by atoms with Crippen molar-refractivity contribution < 1.29 is 0 Å². The minimum atomic E-state index is -1.89. The zero-order valence-corrected chi connectivity index (χ0v) is 22.7. The minimum Gasteiger partial charge on any atom is -0.0654 e. The maximum Gasteiger partial charge on any atom is 0.112 e. The number of hydrogen-bond acceptors (Lipinski definition) is 0. The van der Waals surface area contributed by atoms with Gasteiger partial charge in [-0.05, 0) is 49.2 Å². The largest absolute Gasteiger partial charge is 0.112 e. The van der Waals surface area contributed by atoms with Gasteiger partial charge in [0.2, 0.25) is 0 Å². The second-order valence-corrected chi connectivity index (χ2v) is 15.4. The predicted octanol–water partition coefficient (Wildman–Crippen LogP) is 8.23. The SMILES string of the molecule is C=C(CCCCCC)[P+](CP(c1ccccc1)c1ccccc1)(c1ccccc1)c1ccccc1. The van der Waals surface area contributed by atoms with Crippen molar-refractivity contribution >= 4 is 36.4 Å². The Morgan fingerprint density at radius 3 is 1.46 bits per heavy atom. The Bertz CT molecular complexity index is 1080. The molecule has 0 bridgehead atoms. The lowest BCUT2D eigenvalue weighted by Crippen LogP contribution is -2.28. The van der Waals surface area contributed by atoms with Gasteiger partial charge in [-0.2, -0.15) is 0 Å². The van der Waals surface area contributed by atoms with Gasteiger partial charge in [0.05, 0.1) is 11.2 Å². The lowest BCUT2D eigenvalue weighted by atomic mass is 10.1. The Hall–Kier alpha value is -2.52. The fraction of sp³-hybridized carbons (Fsp3) is 0.212. The van der Waals surface area contributed by atoms with E-state index >= 15 is 0 Å². The normalized spacial score (nSPS) is 11.5. The fourth-order valence-electron chi connectivity index (χ4n) is 4.83. The molecule has 0 aliphatic heterocycles. The summed E-state index contributed by atoms with van der Waals surface area (Å²) in [5, 5.41) is 7.27. The molecule has 0 nitrogen and oxygen atoms in total. The summed E-state index contributed by atoms with van der Waals surface area (Å²) in [6.45, 7) is 7.16. The maximum absolute atomic E-state index is 4.88. The molecule has 0 N–H and O–H groups in total. The van der Waals surface area contributed by atoms with Crippen LogP contribution in [0.3, 0.4) is 0 Å². The van der Waals surface area contributed by atoms with Gasteiger partial charge in [-0.1, -0.05) is 130 Å². The van der Waals surface area contributed by atoms with E-state index in [1.807, 2.05) is 0 Å². The van der Waals surface area contributed by atoms with Gasteiger partial charge in [-0.3, -0.25) is 0 Å². The number of hydrogen-bond donors (Lipinski definition) is 0. The van der Waals surface area contributed by atoms with Gasteiger partial charge in [0.1, 0.15) is 17.9 Å². The number of benzene rings is 4. The molecule has 0 aliphatic carbocycles. The highest BCUT2D eigenvalue weighted by molar-refractivity contribution is 8.00. The minimum absolute atomic E-state index is 0.552. The van der Waals surface area contributed by atoms with Crippen molar-refractivity contribution in [3.8, 4) is 0 Å². The Kier molecular flexibility index (Phi) is 9.48. The first-order valence-corrected chi connectivity index (χ1v) is 16.3. The molecule has 4 aromatic rings. The molecule has 4 aromatic carbocycles. The van der Waals surface area contributed by atoms with Crippen LogP contribution in [0.5, 0.6) is 0 Å². The molecule has 0 amide bonds. The molecule has 0 aromatic heterocycles. The van der Waals surface area contributed by atoms with Crippen LogP contribution in [0.25, 0.3) is 0 Å². The Morgan fingerprint density at radius 2 is 1.03 bits per heavy atom. The summed E-state index contributed by atoms with van der Waals surface area (Å²) >= 11 is 0. The predicted molar refractivity (Wildman–Crippen MR) is 161 cm³/mol. The first-order chi connectivity index (χ1) is 17.3. The van der Waals surface area contributed by atoms with Crippen LogP contribution in [0.4, 0.5) is 0 Å². The molecule has 0 aliphatic rings. The molecule has 0 unspecified atom stereocenters. The van der Waals surface area contributed by atoms with Crippen molar-refractivity contribution in [1.82, 2.24) is 0 Å². The molecular weight excluding hydrogens is 458 g/mol. The van der Waals surface area contributed by atoms with Gasteiger partial charge in [-0.25, -0.2) is 0 Å². The molecule has 0 saturated heterocycles. The van der Waals surface area contributed by atoms with Gasteiger partial charge in [0, 0.05) is 6.42 Å². The lowest BCUT2D eigenvalue weighted by molar-refractivity contribution is 0.672. The van der Waals surface area contributed by atoms with Crippen LogP contribution in [0.2, 0.25) is 0 Å². The van der Waals surface area contributed by atoms with Crippen LogP contribution in [-0.4, -0.2) is 5.90 Å². The van der Waals surface area contributed by atoms with Crippen molar-refractivity contribution in [2.75, 3.05) is 5.90 Å². The van der Waals surface area contributed by atoms with E-state index in [1.165, 1.54) is 52.2 Å². The summed E-state index contributed by atoms with van der Waals surface area (Å²) < 4.78 is 0. The Morgan fingerprint density at radius 1 is 0.600 bits per heavy atom. The second-order valence-electron chi connectivity index (χ2n) is 9.10. The van der Waals surface area contributed by atoms with E-state index in [9.17, 15) is 0 Å². The topological polar surface area (TPSA) is 0 Å². The van der Waals surface area contributed by atoms with Crippen LogP contribution < -0.4 is 21.2 Å². The van der Waals surface area contributed by atoms with Crippen LogP contribution in [0.1, 0.15) is 39.0 Å². The average Bonchev–Trinajstić information content (AvgIpc) is 2.94. The molecule has 0 saturated carbocycles. The van der Waals surface area contributed by atoms with E-state index in [2.05, 4.69) is 128 Å². The number of allylic oxidation sites excluding steroid dienone is 1. The molecule has 0 fully saturated rings. The quantitative estimate of drug-likeness (QED) is 0.137. The molecule has 0 radical (unpaired) electrons. The summed E-state index contributed by atoms with van der Waals surface area (Å²) in [5.74, 6) is 1.12. The third kappa shape index (κ3) is 6.19. The van der Waals surface area contributed by atoms with Gasteiger partial charge in [0.15, 0.2) is 0 Å². The molecule has 35 heavy (non-hydrogen) atoms. The molecule has 178 valence electrons. The summed E-state index contributed by atoms with van der Waals surface area (Å²) in [5.41, 5.74) is 0. The number of rotatable bonds is 12. The van der Waals surface area contributed by atoms with Crippen LogP contribution in [0.15, 0.2) is 133 Å². The van der Waals surface area contributed by atoms with Crippen molar-refractivity contribution in [2.24, 2.45) is 0 Å². The van der Waals surface area contributed by atoms with Gasteiger partial charge >= 0.3 is 0 Å². The molecule has 2 heteroatoms. The van der Waals surface area contributed by atoms with E-state index in [4.69, 9.17) is 6.58 Å². The summed E-state index contributed by atoms with van der Waals surface area (Å²) in [6.07, 6.45) is 6.17. The molecule has 4 rings (SSSR count). The van der Waals surface area contributed by atoms with E-state index in [-0.39, 0.29) is 0 Å². The smallest absolute Gasteiger partial charge is 0.0654 e. The third-order valence-corrected chi connectivity index (χ3v) is 15.1. The highest BCUT2D eigenvalue weighted by atomic mass is 31.2. The second kappa shape index (κ2) is 13.0. The van der Waals surface area contributed by atoms with Crippen molar-refractivity contribution in [2.45, 2.75) is 39.0 Å². The summed E-state index contributed by atoms with van der Waals surface area (Å²) in [4.78, 5) is 0. The van der Waals surface area contributed by atoms with Crippen LogP contribution in [-0.2, 0) is 0 Å². The Balaban J connectivity index is 1.87. The lowest BCUT2D eigenvalue weighted by Gasteiger charge is -2.33. The zero-order valence-electron chi connectivity index (χ0n) is 20.9. The monoisotopic (exact) mass is 495 g/mol. The molecule has 0 heterocycles. The first-order valence-electron chi connectivity index (χ1n) is 12.8. The standard InChI is InChI=1S/C33H37P2/c1-3-4-5-10-19-29(2)35(32-24-15-8-16-25-32,33-26-17-9-18-27-33)28-34(30-20-11-6-12-21-30)31-22-13-7-14-23-31/h6-9,11-18,20-27H,2-5,10,19,28H2,1H3/q+1. The zero-order chi connectivity index (χ0) is 24.3. The highest BCUT2D eigenvalue weighted by Crippen LogP contribution is 2.69. The summed E-state index contributed by atoms with van der Waals surface area (Å²) in [6, 6.07) is 44.9. The van der Waals surface area contributed by atoms with Crippen molar-refractivity contribution in [3.63, 3.8) is 0 Å². The maximum atomic E-state index is 4.88. The van der Waals surface area contributed by atoms with E-state index in [0.717, 1.165) is 12.3 Å². The van der Waals surface area contributed by atoms with Gasteiger partial charge < -0.3 is 0 Å². The molecule has 0 spiro atoms. The molecule has 0 atom stereocenters. The Labute approximate surface area is 214 Å². The first kappa shape index (κ1) is 25.6. The number of unbranched alkanes of at least 4 members (excludes halogenated alkanes) is 3. The van der Waals surface area contributed by atoms with Crippen LogP contribution in [0, 0.1) is 0 Å². The van der Waals surface area contributed by atoms with Gasteiger partial charge in [-0.15, -0.1) is 0 Å². The summed E-state index contributed by atoms with van der Waals surface area (Å²) in [7, 11) is -2.44.